The van der Waals surface area contributed by atoms with E-state index < -0.39 is 5.54 Å². The van der Waals surface area contributed by atoms with Crippen molar-refractivity contribution in [1.82, 2.24) is 20.4 Å². The summed E-state index contributed by atoms with van der Waals surface area (Å²) in [4.78, 5) is 21.6. The summed E-state index contributed by atoms with van der Waals surface area (Å²) in [5.74, 6) is 1.70. The minimum atomic E-state index is -0.536. The summed E-state index contributed by atoms with van der Waals surface area (Å²) in [6.45, 7) is 2.10. The second-order valence-corrected chi connectivity index (χ2v) is 8.51. The zero-order chi connectivity index (χ0) is 20.3. The molecule has 3 aromatic rings. The molecule has 1 amide bonds. The predicted molar refractivity (Wildman–Crippen MR) is 109 cm³/mol. The second kappa shape index (κ2) is 8.51. The first-order chi connectivity index (χ1) is 14.0. The van der Waals surface area contributed by atoms with E-state index in [-0.39, 0.29) is 12.3 Å². The molecule has 0 bridgehead atoms. The fraction of sp³-hybridized carbons (Fsp3) is 0.400. The van der Waals surface area contributed by atoms with Gasteiger partial charge in [0.15, 0.2) is 5.82 Å². The molecular formula is C20H21ClN4O3S. The number of amides is 1. The Balaban J connectivity index is 1.35. The molecule has 0 aliphatic heterocycles. The lowest BCUT2D eigenvalue weighted by Crippen LogP contribution is -2.45. The van der Waals surface area contributed by atoms with Crippen LogP contribution in [0.15, 0.2) is 34.2 Å². The summed E-state index contributed by atoms with van der Waals surface area (Å²) in [7, 11) is 0. The predicted octanol–water partition coefficient (Wildman–Crippen LogP) is 4.20. The summed E-state index contributed by atoms with van der Waals surface area (Å²) >= 11 is 7.35. The van der Waals surface area contributed by atoms with Crippen molar-refractivity contribution >= 4 is 28.8 Å². The van der Waals surface area contributed by atoms with E-state index in [1.165, 1.54) is 11.3 Å². The van der Waals surface area contributed by atoms with Gasteiger partial charge in [0.25, 0.3) is 0 Å². The van der Waals surface area contributed by atoms with Crippen LogP contribution < -0.4 is 10.1 Å². The molecule has 0 radical (unpaired) electrons. The van der Waals surface area contributed by atoms with Crippen molar-refractivity contribution < 1.29 is 14.1 Å². The molecule has 1 fully saturated rings. The molecule has 2 aromatic heterocycles. The van der Waals surface area contributed by atoms with Gasteiger partial charge in [-0.15, -0.1) is 11.3 Å². The Kier molecular flexibility index (Phi) is 5.82. The minimum Gasteiger partial charge on any atom is -0.486 e. The normalized spacial score (nSPS) is 15.4. The number of ether oxygens (including phenoxy) is 1. The lowest BCUT2D eigenvalue weighted by Gasteiger charge is -2.26. The zero-order valence-electron chi connectivity index (χ0n) is 16.0. The van der Waals surface area contributed by atoms with Crippen molar-refractivity contribution in [3.63, 3.8) is 0 Å². The van der Waals surface area contributed by atoms with E-state index in [2.05, 4.69) is 20.4 Å². The first kappa shape index (κ1) is 19.8. The standard InChI is InChI=1S/C20H21ClN4O3S/c1-13-22-19(25-28-13)20(8-2-3-9-20)24-17(26)10-15-12-29-18(23-15)11-27-16-6-4-14(21)5-7-16/h4-7,12H,2-3,8-11H2,1H3,(H,24,26). The Hall–Kier alpha value is -2.45. The number of thiazole rings is 1. The molecule has 0 saturated heterocycles. The summed E-state index contributed by atoms with van der Waals surface area (Å²) in [6, 6.07) is 7.17. The number of hydrogen-bond donors (Lipinski definition) is 1. The number of carbonyl (C=O) groups excluding carboxylic acids is 1. The number of nitrogens with one attached hydrogen (secondary N) is 1. The average molecular weight is 433 g/mol. The molecule has 1 aliphatic rings. The highest BCUT2D eigenvalue weighted by molar-refractivity contribution is 7.09. The Morgan fingerprint density at radius 2 is 2.03 bits per heavy atom. The van der Waals surface area contributed by atoms with Crippen LogP contribution in [0.4, 0.5) is 0 Å². The van der Waals surface area contributed by atoms with Gasteiger partial charge in [0.1, 0.15) is 22.9 Å². The van der Waals surface area contributed by atoms with Gasteiger partial charge in [-0.3, -0.25) is 4.79 Å². The van der Waals surface area contributed by atoms with Gasteiger partial charge in [-0.05, 0) is 37.1 Å². The molecule has 1 aliphatic carbocycles. The van der Waals surface area contributed by atoms with Crippen LogP contribution in [0.2, 0.25) is 5.02 Å². The topological polar surface area (TPSA) is 90.1 Å². The van der Waals surface area contributed by atoms with E-state index in [4.69, 9.17) is 20.9 Å². The molecule has 9 heteroatoms. The highest BCUT2D eigenvalue weighted by Gasteiger charge is 2.41. The second-order valence-electron chi connectivity index (χ2n) is 7.13. The third kappa shape index (κ3) is 4.76. The minimum absolute atomic E-state index is 0.0928. The summed E-state index contributed by atoms with van der Waals surface area (Å²) < 4.78 is 10.8. The molecule has 4 rings (SSSR count). The number of halogens is 1. The fourth-order valence-corrected chi connectivity index (χ4v) is 4.36. The third-order valence-electron chi connectivity index (χ3n) is 4.91. The lowest BCUT2D eigenvalue weighted by molar-refractivity contribution is -0.122. The molecular weight excluding hydrogens is 412 g/mol. The molecule has 152 valence electrons. The molecule has 1 N–H and O–H groups in total. The Morgan fingerprint density at radius 1 is 1.28 bits per heavy atom. The molecule has 2 heterocycles. The summed E-state index contributed by atoms with van der Waals surface area (Å²) in [6.07, 6.45) is 3.88. The lowest BCUT2D eigenvalue weighted by atomic mass is 9.96. The molecule has 29 heavy (non-hydrogen) atoms. The number of hydrogen-bond acceptors (Lipinski definition) is 7. The van der Waals surface area contributed by atoms with Gasteiger partial charge in [-0.1, -0.05) is 29.6 Å². The van der Waals surface area contributed by atoms with Crippen molar-refractivity contribution in [1.29, 1.82) is 0 Å². The molecule has 0 spiro atoms. The quantitative estimate of drug-likeness (QED) is 0.601. The maximum atomic E-state index is 12.7. The van der Waals surface area contributed by atoms with Crippen molar-refractivity contribution in [2.75, 3.05) is 0 Å². The van der Waals surface area contributed by atoms with Crippen molar-refractivity contribution in [2.24, 2.45) is 0 Å². The van der Waals surface area contributed by atoms with Gasteiger partial charge in [0.2, 0.25) is 11.8 Å². The van der Waals surface area contributed by atoms with Crippen LogP contribution in [0, 0.1) is 6.92 Å². The monoisotopic (exact) mass is 432 g/mol. The Morgan fingerprint density at radius 3 is 2.72 bits per heavy atom. The van der Waals surface area contributed by atoms with Crippen molar-refractivity contribution in [3.05, 3.63) is 57.1 Å². The highest BCUT2D eigenvalue weighted by atomic mass is 35.5. The highest BCUT2D eigenvalue weighted by Crippen LogP contribution is 2.37. The van der Waals surface area contributed by atoms with E-state index in [0.717, 1.165) is 42.1 Å². The van der Waals surface area contributed by atoms with E-state index in [1.54, 1.807) is 19.1 Å². The van der Waals surface area contributed by atoms with E-state index in [1.807, 2.05) is 17.5 Å². The Labute approximate surface area is 177 Å². The van der Waals surface area contributed by atoms with Crippen LogP contribution in [0.1, 0.15) is 48.1 Å². The van der Waals surface area contributed by atoms with Crippen LogP contribution in [0.25, 0.3) is 0 Å². The zero-order valence-corrected chi connectivity index (χ0v) is 17.6. The van der Waals surface area contributed by atoms with Crippen LogP contribution in [0.5, 0.6) is 5.75 Å². The van der Waals surface area contributed by atoms with E-state index in [0.29, 0.717) is 23.3 Å². The van der Waals surface area contributed by atoms with Gasteiger partial charge in [0, 0.05) is 17.3 Å². The number of rotatable bonds is 7. The number of aromatic nitrogens is 3. The molecule has 0 atom stereocenters. The first-order valence-electron chi connectivity index (χ1n) is 9.46. The van der Waals surface area contributed by atoms with Gasteiger partial charge in [0.05, 0.1) is 12.1 Å². The molecule has 7 nitrogen and oxygen atoms in total. The number of benzene rings is 1. The average Bonchev–Trinajstić information content (AvgIpc) is 3.43. The van der Waals surface area contributed by atoms with Crippen LogP contribution in [0.3, 0.4) is 0 Å². The number of nitrogens with zero attached hydrogens (tertiary/aromatic N) is 3. The summed E-state index contributed by atoms with van der Waals surface area (Å²) in [5.41, 5.74) is 0.186. The van der Waals surface area contributed by atoms with Gasteiger partial charge >= 0.3 is 0 Å². The molecule has 1 aromatic carbocycles. The van der Waals surface area contributed by atoms with Crippen LogP contribution in [-0.4, -0.2) is 21.0 Å². The van der Waals surface area contributed by atoms with Gasteiger partial charge < -0.3 is 14.6 Å². The van der Waals surface area contributed by atoms with Crippen molar-refractivity contribution in [2.45, 2.75) is 51.2 Å². The maximum absolute atomic E-state index is 12.7. The first-order valence-corrected chi connectivity index (χ1v) is 10.7. The van der Waals surface area contributed by atoms with E-state index >= 15 is 0 Å². The SMILES string of the molecule is Cc1nc(C2(NC(=O)Cc3csc(COc4ccc(Cl)cc4)n3)CCCC2)no1. The molecule has 1 saturated carbocycles. The largest absolute Gasteiger partial charge is 0.486 e. The van der Waals surface area contributed by atoms with Crippen molar-refractivity contribution in [3.8, 4) is 5.75 Å². The smallest absolute Gasteiger partial charge is 0.226 e. The summed E-state index contributed by atoms with van der Waals surface area (Å²) in [5, 5.41) is 10.6. The molecule has 0 unspecified atom stereocenters. The van der Waals surface area contributed by atoms with Crippen LogP contribution >= 0.6 is 22.9 Å². The van der Waals surface area contributed by atoms with Crippen LogP contribution in [-0.2, 0) is 23.4 Å². The van der Waals surface area contributed by atoms with E-state index in [9.17, 15) is 4.79 Å². The van der Waals surface area contributed by atoms with Gasteiger partial charge in [-0.2, -0.15) is 4.98 Å². The maximum Gasteiger partial charge on any atom is 0.226 e. The number of aryl methyl sites for hydroxylation is 1. The number of carbonyl (C=O) groups is 1. The van der Waals surface area contributed by atoms with Gasteiger partial charge in [-0.25, -0.2) is 4.98 Å². The Bertz CT molecular complexity index is 980. The fourth-order valence-electron chi connectivity index (χ4n) is 3.52. The third-order valence-corrected chi connectivity index (χ3v) is 6.03.